The molecular weight excluding hydrogens is 232 g/mol. The van der Waals surface area contributed by atoms with Gasteiger partial charge < -0.3 is 15.7 Å². The molecule has 0 saturated heterocycles. The molecule has 0 saturated carbocycles. The van der Waals surface area contributed by atoms with E-state index >= 15 is 0 Å². The third-order valence-electron chi connectivity index (χ3n) is 2.78. The SMILES string of the molecule is CCCC[C@H](NC(=O)NC(C)(C)CCC)C(=O)O. The number of urea groups is 1. The standard InChI is InChI=1S/C13H26N2O3/c1-5-7-8-10(11(16)17)14-12(18)15-13(3,4)9-6-2/h10H,5-9H2,1-4H3,(H,16,17)(H2,14,15,18)/t10-/m0/s1. The minimum absolute atomic E-state index is 0.313. The Hall–Kier alpha value is -1.26. The van der Waals surface area contributed by atoms with E-state index in [-0.39, 0.29) is 5.54 Å². The van der Waals surface area contributed by atoms with Gasteiger partial charge in [0.2, 0.25) is 0 Å². The van der Waals surface area contributed by atoms with E-state index in [1.807, 2.05) is 27.7 Å². The number of aliphatic carboxylic acids is 1. The van der Waals surface area contributed by atoms with E-state index in [1.165, 1.54) is 0 Å². The lowest BCUT2D eigenvalue weighted by atomic mass is 9.99. The number of rotatable bonds is 8. The first-order valence-corrected chi connectivity index (χ1v) is 6.64. The summed E-state index contributed by atoms with van der Waals surface area (Å²) in [5, 5.41) is 14.3. The molecule has 3 N–H and O–H groups in total. The first-order valence-electron chi connectivity index (χ1n) is 6.64. The van der Waals surface area contributed by atoms with Gasteiger partial charge in [-0.2, -0.15) is 0 Å². The van der Waals surface area contributed by atoms with E-state index in [4.69, 9.17) is 5.11 Å². The van der Waals surface area contributed by atoms with Gasteiger partial charge in [-0.25, -0.2) is 9.59 Å². The smallest absolute Gasteiger partial charge is 0.326 e. The van der Waals surface area contributed by atoms with Crippen molar-refractivity contribution in [2.45, 2.75) is 71.4 Å². The van der Waals surface area contributed by atoms with Gasteiger partial charge in [-0.1, -0.05) is 33.1 Å². The summed E-state index contributed by atoms with van der Waals surface area (Å²) in [7, 11) is 0. The Kier molecular flexibility index (Phi) is 7.39. The lowest BCUT2D eigenvalue weighted by molar-refractivity contribution is -0.139. The van der Waals surface area contributed by atoms with E-state index < -0.39 is 18.0 Å². The van der Waals surface area contributed by atoms with Crippen LogP contribution in [-0.2, 0) is 4.79 Å². The second kappa shape index (κ2) is 7.95. The number of nitrogens with one attached hydrogen (secondary N) is 2. The summed E-state index contributed by atoms with van der Waals surface area (Å²) in [6, 6.07) is -1.21. The van der Waals surface area contributed by atoms with Crippen LogP contribution in [0.3, 0.4) is 0 Å². The Morgan fingerprint density at radius 3 is 2.28 bits per heavy atom. The van der Waals surface area contributed by atoms with Crippen molar-refractivity contribution in [1.29, 1.82) is 0 Å². The van der Waals surface area contributed by atoms with Gasteiger partial charge in [-0.05, 0) is 26.7 Å². The Morgan fingerprint density at radius 1 is 1.22 bits per heavy atom. The Bertz CT molecular complexity index is 277. The summed E-state index contributed by atoms with van der Waals surface area (Å²) >= 11 is 0. The second-order valence-corrected chi connectivity index (χ2v) is 5.27. The molecule has 0 aliphatic heterocycles. The molecular formula is C13H26N2O3. The van der Waals surface area contributed by atoms with Crippen molar-refractivity contribution in [3.05, 3.63) is 0 Å². The number of carboxylic acid groups (broad SMARTS) is 1. The average Bonchev–Trinajstić information content (AvgIpc) is 2.22. The van der Waals surface area contributed by atoms with Crippen LogP contribution in [0.5, 0.6) is 0 Å². The summed E-state index contributed by atoms with van der Waals surface area (Å²) in [5.74, 6) is -0.980. The molecule has 2 amide bonds. The molecule has 0 rings (SSSR count). The first kappa shape index (κ1) is 16.7. The Morgan fingerprint density at radius 2 is 1.83 bits per heavy atom. The maximum atomic E-state index is 11.7. The highest BCUT2D eigenvalue weighted by Gasteiger charge is 2.23. The molecule has 1 atom stereocenters. The van der Waals surface area contributed by atoms with Gasteiger partial charge in [0, 0.05) is 5.54 Å². The lowest BCUT2D eigenvalue weighted by Crippen LogP contribution is -2.52. The van der Waals surface area contributed by atoms with Gasteiger partial charge >= 0.3 is 12.0 Å². The average molecular weight is 258 g/mol. The minimum Gasteiger partial charge on any atom is -0.480 e. The van der Waals surface area contributed by atoms with E-state index in [0.717, 1.165) is 25.7 Å². The van der Waals surface area contributed by atoms with Crippen LogP contribution in [0.1, 0.15) is 59.8 Å². The number of carboxylic acids is 1. The van der Waals surface area contributed by atoms with Gasteiger partial charge in [-0.15, -0.1) is 0 Å². The summed E-state index contributed by atoms with van der Waals surface area (Å²) in [6.45, 7) is 7.89. The molecule has 0 spiro atoms. The molecule has 106 valence electrons. The van der Waals surface area contributed by atoms with Crippen LogP contribution in [-0.4, -0.2) is 28.7 Å². The molecule has 0 bridgehead atoms. The van der Waals surface area contributed by atoms with Crippen LogP contribution in [0.25, 0.3) is 0 Å². The zero-order valence-electron chi connectivity index (χ0n) is 11.9. The van der Waals surface area contributed by atoms with Crippen LogP contribution in [0.2, 0.25) is 0 Å². The molecule has 0 aromatic rings. The van der Waals surface area contributed by atoms with Crippen molar-refractivity contribution in [3.8, 4) is 0 Å². The topological polar surface area (TPSA) is 78.4 Å². The van der Waals surface area contributed by atoms with Crippen molar-refractivity contribution in [3.63, 3.8) is 0 Å². The first-order chi connectivity index (χ1) is 8.32. The molecule has 0 aliphatic carbocycles. The zero-order chi connectivity index (χ0) is 14.2. The maximum absolute atomic E-state index is 11.7. The van der Waals surface area contributed by atoms with Crippen LogP contribution < -0.4 is 10.6 Å². The van der Waals surface area contributed by atoms with Gasteiger partial charge in [0.15, 0.2) is 0 Å². The number of amides is 2. The Balaban J connectivity index is 4.29. The van der Waals surface area contributed by atoms with Crippen molar-refractivity contribution in [2.75, 3.05) is 0 Å². The molecule has 0 fully saturated rings. The van der Waals surface area contributed by atoms with Crippen LogP contribution in [0, 0.1) is 0 Å². The van der Waals surface area contributed by atoms with E-state index in [0.29, 0.717) is 6.42 Å². The third kappa shape index (κ3) is 7.14. The number of hydrogen-bond acceptors (Lipinski definition) is 2. The van der Waals surface area contributed by atoms with Crippen LogP contribution in [0.4, 0.5) is 4.79 Å². The highest BCUT2D eigenvalue weighted by molar-refractivity contribution is 5.82. The van der Waals surface area contributed by atoms with Gasteiger partial charge in [-0.3, -0.25) is 0 Å². The fourth-order valence-corrected chi connectivity index (χ4v) is 1.85. The number of carbonyl (C=O) groups excluding carboxylic acids is 1. The van der Waals surface area contributed by atoms with Gasteiger partial charge in [0.1, 0.15) is 6.04 Å². The number of carbonyl (C=O) groups is 2. The maximum Gasteiger partial charge on any atom is 0.326 e. The molecule has 0 heterocycles. The van der Waals surface area contributed by atoms with Crippen LogP contribution in [0.15, 0.2) is 0 Å². The molecule has 5 heteroatoms. The quantitative estimate of drug-likeness (QED) is 0.626. The fraction of sp³-hybridized carbons (Fsp3) is 0.846. The van der Waals surface area contributed by atoms with Crippen molar-refractivity contribution >= 4 is 12.0 Å². The minimum atomic E-state index is -0.980. The largest absolute Gasteiger partial charge is 0.480 e. The summed E-state index contributed by atoms with van der Waals surface area (Å²) in [6.07, 6.45) is 3.98. The number of unbranched alkanes of at least 4 members (excludes halogenated alkanes) is 1. The molecule has 0 aromatic carbocycles. The highest BCUT2D eigenvalue weighted by atomic mass is 16.4. The van der Waals surface area contributed by atoms with E-state index in [2.05, 4.69) is 10.6 Å². The van der Waals surface area contributed by atoms with Crippen molar-refractivity contribution in [2.24, 2.45) is 0 Å². The van der Waals surface area contributed by atoms with Crippen molar-refractivity contribution in [1.82, 2.24) is 10.6 Å². The molecule has 0 aliphatic rings. The summed E-state index contributed by atoms with van der Waals surface area (Å²) in [5.41, 5.74) is -0.313. The fourth-order valence-electron chi connectivity index (χ4n) is 1.85. The second-order valence-electron chi connectivity index (χ2n) is 5.27. The number of hydrogen-bond donors (Lipinski definition) is 3. The summed E-state index contributed by atoms with van der Waals surface area (Å²) < 4.78 is 0. The third-order valence-corrected chi connectivity index (χ3v) is 2.78. The van der Waals surface area contributed by atoms with Crippen molar-refractivity contribution < 1.29 is 14.7 Å². The molecule has 0 aromatic heterocycles. The predicted octanol–water partition coefficient (Wildman–Crippen LogP) is 2.51. The molecule has 0 radical (unpaired) electrons. The molecule has 18 heavy (non-hydrogen) atoms. The molecule has 0 unspecified atom stereocenters. The van der Waals surface area contributed by atoms with Gasteiger partial charge in [0.05, 0.1) is 0 Å². The lowest BCUT2D eigenvalue weighted by Gasteiger charge is -2.27. The zero-order valence-corrected chi connectivity index (χ0v) is 11.9. The van der Waals surface area contributed by atoms with E-state index in [1.54, 1.807) is 0 Å². The predicted molar refractivity (Wildman–Crippen MR) is 71.6 cm³/mol. The molecule has 5 nitrogen and oxygen atoms in total. The Labute approximate surface area is 109 Å². The summed E-state index contributed by atoms with van der Waals surface area (Å²) in [4.78, 5) is 22.7. The highest BCUT2D eigenvalue weighted by Crippen LogP contribution is 2.10. The normalized spacial score (nSPS) is 12.9. The van der Waals surface area contributed by atoms with Gasteiger partial charge in [0.25, 0.3) is 0 Å². The van der Waals surface area contributed by atoms with E-state index in [9.17, 15) is 9.59 Å². The monoisotopic (exact) mass is 258 g/mol. The van der Waals surface area contributed by atoms with Crippen LogP contribution >= 0.6 is 0 Å².